The topological polar surface area (TPSA) is 20.2 Å². The summed E-state index contributed by atoms with van der Waals surface area (Å²) in [7, 11) is 0. The normalized spacial score (nSPS) is 12.5. The second kappa shape index (κ2) is 4.86. The van der Waals surface area contributed by atoms with Crippen LogP contribution in [0.2, 0.25) is 5.02 Å². The van der Waals surface area contributed by atoms with E-state index in [9.17, 15) is 9.50 Å². The highest BCUT2D eigenvalue weighted by molar-refractivity contribution is 6.31. The molecule has 2 rings (SSSR count). The molecule has 88 valence electrons. The van der Waals surface area contributed by atoms with Gasteiger partial charge in [-0.25, -0.2) is 4.39 Å². The van der Waals surface area contributed by atoms with Gasteiger partial charge in [0.1, 0.15) is 11.9 Å². The van der Waals surface area contributed by atoms with Gasteiger partial charge in [-0.1, -0.05) is 35.9 Å². The van der Waals surface area contributed by atoms with E-state index in [1.807, 2.05) is 19.1 Å². The van der Waals surface area contributed by atoms with Crippen LogP contribution in [0.1, 0.15) is 22.8 Å². The lowest BCUT2D eigenvalue weighted by Crippen LogP contribution is -1.99. The summed E-state index contributed by atoms with van der Waals surface area (Å²) in [6.45, 7) is 1.90. The molecule has 0 amide bonds. The van der Waals surface area contributed by atoms with E-state index in [1.165, 1.54) is 12.1 Å². The van der Waals surface area contributed by atoms with Crippen molar-refractivity contribution in [3.05, 3.63) is 70.0 Å². The molecule has 0 saturated heterocycles. The number of hydrogen-bond acceptors (Lipinski definition) is 1. The molecule has 3 heteroatoms. The molecular formula is C14H12ClFO. The van der Waals surface area contributed by atoms with E-state index < -0.39 is 6.10 Å². The van der Waals surface area contributed by atoms with Crippen molar-refractivity contribution in [2.75, 3.05) is 0 Å². The van der Waals surface area contributed by atoms with Crippen molar-refractivity contribution in [3.63, 3.8) is 0 Å². The predicted octanol–water partition coefficient (Wildman–Crippen LogP) is 3.87. The fourth-order valence-corrected chi connectivity index (χ4v) is 1.81. The minimum absolute atomic E-state index is 0.317. The van der Waals surface area contributed by atoms with E-state index in [-0.39, 0.29) is 5.82 Å². The Kier molecular flexibility index (Phi) is 3.46. The van der Waals surface area contributed by atoms with Gasteiger partial charge in [0.05, 0.1) is 0 Å². The van der Waals surface area contributed by atoms with Crippen molar-refractivity contribution in [1.82, 2.24) is 0 Å². The van der Waals surface area contributed by atoms with Crippen LogP contribution >= 0.6 is 11.6 Å². The number of aliphatic hydroxyl groups is 1. The van der Waals surface area contributed by atoms with Crippen LogP contribution in [0.3, 0.4) is 0 Å². The average molecular weight is 251 g/mol. The number of rotatable bonds is 2. The Balaban J connectivity index is 2.33. The molecule has 1 atom stereocenters. The molecule has 0 aliphatic heterocycles. The second-order valence-corrected chi connectivity index (χ2v) is 4.37. The Hall–Kier alpha value is -1.38. The summed E-state index contributed by atoms with van der Waals surface area (Å²) < 4.78 is 12.8. The van der Waals surface area contributed by atoms with Crippen LogP contribution in [-0.4, -0.2) is 5.11 Å². The maximum absolute atomic E-state index is 12.8. The van der Waals surface area contributed by atoms with Crippen LogP contribution in [0.15, 0.2) is 42.5 Å². The lowest BCUT2D eigenvalue weighted by Gasteiger charge is -2.12. The van der Waals surface area contributed by atoms with E-state index >= 15 is 0 Å². The molecule has 0 bridgehead atoms. The molecule has 0 aromatic heterocycles. The zero-order valence-electron chi connectivity index (χ0n) is 9.32. The summed E-state index contributed by atoms with van der Waals surface area (Å²) in [4.78, 5) is 0. The van der Waals surface area contributed by atoms with Gasteiger partial charge in [-0.2, -0.15) is 0 Å². The molecule has 1 N–H and O–H groups in total. The van der Waals surface area contributed by atoms with E-state index in [0.717, 1.165) is 5.56 Å². The van der Waals surface area contributed by atoms with E-state index in [4.69, 9.17) is 11.6 Å². The lowest BCUT2D eigenvalue weighted by molar-refractivity contribution is 0.220. The highest BCUT2D eigenvalue weighted by Gasteiger charge is 2.11. The zero-order chi connectivity index (χ0) is 12.4. The molecule has 2 aromatic carbocycles. The van der Waals surface area contributed by atoms with Gasteiger partial charge in [0, 0.05) is 5.02 Å². The first kappa shape index (κ1) is 12.1. The van der Waals surface area contributed by atoms with Crippen LogP contribution in [0.4, 0.5) is 4.39 Å². The van der Waals surface area contributed by atoms with Crippen LogP contribution in [0.25, 0.3) is 0 Å². The van der Waals surface area contributed by atoms with Gasteiger partial charge >= 0.3 is 0 Å². The summed E-state index contributed by atoms with van der Waals surface area (Å²) in [6.07, 6.45) is -0.784. The fraction of sp³-hybridized carbons (Fsp3) is 0.143. The van der Waals surface area contributed by atoms with Gasteiger partial charge in [-0.3, -0.25) is 0 Å². The summed E-state index contributed by atoms with van der Waals surface area (Å²) in [6, 6.07) is 11.2. The molecule has 0 radical (unpaired) electrons. The zero-order valence-corrected chi connectivity index (χ0v) is 10.1. The Bertz CT molecular complexity index is 522. The van der Waals surface area contributed by atoms with Gasteiger partial charge in [0.15, 0.2) is 0 Å². The van der Waals surface area contributed by atoms with Crippen molar-refractivity contribution in [3.8, 4) is 0 Å². The minimum atomic E-state index is -0.784. The van der Waals surface area contributed by atoms with Gasteiger partial charge in [0.2, 0.25) is 0 Å². The maximum Gasteiger partial charge on any atom is 0.123 e. The first-order valence-corrected chi connectivity index (χ1v) is 5.65. The Labute approximate surface area is 104 Å². The van der Waals surface area contributed by atoms with Crippen LogP contribution < -0.4 is 0 Å². The summed E-state index contributed by atoms with van der Waals surface area (Å²) in [5.74, 6) is -0.317. The third-order valence-electron chi connectivity index (χ3n) is 2.70. The van der Waals surface area contributed by atoms with Crippen LogP contribution in [0, 0.1) is 12.7 Å². The highest BCUT2D eigenvalue weighted by atomic mass is 35.5. The third kappa shape index (κ3) is 2.65. The largest absolute Gasteiger partial charge is 0.384 e. The molecule has 1 unspecified atom stereocenters. The fourth-order valence-electron chi connectivity index (χ4n) is 1.62. The number of hydrogen-bond donors (Lipinski definition) is 1. The first-order valence-electron chi connectivity index (χ1n) is 5.27. The van der Waals surface area contributed by atoms with Crippen molar-refractivity contribution in [1.29, 1.82) is 0 Å². The average Bonchev–Trinajstić information content (AvgIpc) is 2.33. The monoisotopic (exact) mass is 250 g/mol. The van der Waals surface area contributed by atoms with Gasteiger partial charge in [-0.05, 0) is 41.8 Å². The summed E-state index contributed by atoms with van der Waals surface area (Å²) in [5.41, 5.74) is 2.31. The lowest BCUT2D eigenvalue weighted by atomic mass is 10.0. The molecule has 0 heterocycles. The summed E-state index contributed by atoms with van der Waals surface area (Å²) >= 11 is 6.00. The Morgan fingerprint density at radius 1 is 1.06 bits per heavy atom. The molecule has 0 aliphatic carbocycles. The molecular weight excluding hydrogens is 239 g/mol. The second-order valence-electron chi connectivity index (χ2n) is 3.96. The Morgan fingerprint density at radius 2 is 1.65 bits per heavy atom. The van der Waals surface area contributed by atoms with E-state index in [2.05, 4.69) is 0 Å². The molecule has 0 saturated carbocycles. The SMILES string of the molecule is Cc1ccc(C(O)c2ccc(F)cc2)cc1Cl. The number of aliphatic hydroxyl groups excluding tert-OH is 1. The summed E-state index contributed by atoms with van der Waals surface area (Å²) in [5, 5.41) is 10.7. The van der Waals surface area contributed by atoms with Gasteiger partial charge < -0.3 is 5.11 Å². The third-order valence-corrected chi connectivity index (χ3v) is 3.10. The van der Waals surface area contributed by atoms with Crippen molar-refractivity contribution < 1.29 is 9.50 Å². The first-order chi connectivity index (χ1) is 8.08. The smallest absolute Gasteiger partial charge is 0.123 e. The van der Waals surface area contributed by atoms with Crippen molar-refractivity contribution in [2.45, 2.75) is 13.0 Å². The molecule has 1 nitrogen and oxygen atoms in total. The van der Waals surface area contributed by atoms with Gasteiger partial charge in [0.25, 0.3) is 0 Å². The number of halogens is 2. The van der Waals surface area contributed by atoms with Crippen LogP contribution in [0.5, 0.6) is 0 Å². The number of benzene rings is 2. The standard InChI is InChI=1S/C14H12ClFO/c1-9-2-3-11(8-13(9)15)14(17)10-4-6-12(16)7-5-10/h2-8,14,17H,1H3. The molecule has 0 aliphatic rings. The van der Waals surface area contributed by atoms with Crippen molar-refractivity contribution in [2.24, 2.45) is 0 Å². The molecule has 0 fully saturated rings. The highest BCUT2D eigenvalue weighted by Crippen LogP contribution is 2.26. The molecule has 17 heavy (non-hydrogen) atoms. The Morgan fingerprint density at radius 3 is 2.24 bits per heavy atom. The van der Waals surface area contributed by atoms with Crippen LogP contribution in [-0.2, 0) is 0 Å². The minimum Gasteiger partial charge on any atom is -0.384 e. The molecule has 0 spiro atoms. The maximum atomic E-state index is 12.8. The number of aryl methyl sites for hydroxylation is 1. The molecule has 2 aromatic rings. The quantitative estimate of drug-likeness (QED) is 0.858. The predicted molar refractivity (Wildman–Crippen MR) is 66.7 cm³/mol. The van der Waals surface area contributed by atoms with E-state index in [0.29, 0.717) is 16.1 Å². The van der Waals surface area contributed by atoms with Crippen molar-refractivity contribution >= 4 is 11.6 Å². The van der Waals surface area contributed by atoms with E-state index in [1.54, 1.807) is 18.2 Å². The van der Waals surface area contributed by atoms with Gasteiger partial charge in [-0.15, -0.1) is 0 Å².